The van der Waals surface area contributed by atoms with Crippen molar-refractivity contribution in [1.82, 2.24) is 10.2 Å². The smallest absolute Gasteiger partial charge is 0.237 e. The van der Waals surface area contributed by atoms with Crippen molar-refractivity contribution in [3.63, 3.8) is 0 Å². The normalized spacial score (nSPS) is 20.5. The largest absolute Gasteiger partial charge is 0.369 e. The van der Waals surface area contributed by atoms with Crippen molar-refractivity contribution in [3.8, 4) is 0 Å². The molecule has 5 heteroatoms. The number of carbonyl (C=O) groups excluding carboxylic acids is 2. The second-order valence-corrected chi connectivity index (χ2v) is 7.29. The van der Waals surface area contributed by atoms with Crippen LogP contribution in [0.15, 0.2) is 24.3 Å². The standard InChI is InChI=1S/C20H29N3O2/c1-15(20(25)21-18-5-3-4-6-18)22-11-13-23(14-12-22)19-9-7-17(8-10-19)16(2)24/h7-10,15,18H,3-6,11-14H2,1-2H3,(H,21,25)/t15-/m1/s1. The lowest BCUT2D eigenvalue weighted by molar-refractivity contribution is -0.126. The highest BCUT2D eigenvalue weighted by Crippen LogP contribution is 2.20. The molecule has 1 heterocycles. The molecule has 1 saturated heterocycles. The van der Waals surface area contributed by atoms with Gasteiger partial charge in [-0.25, -0.2) is 0 Å². The van der Waals surface area contributed by atoms with Crippen LogP contribution in [0.5, 0.6) is 0 Å². The zero-order chi connectivity index (χ0) is 17.8. The minimum Gasteiger partial charge on any atom is -0.369 e. The lowest BCUT2D eigenvalue weighted by Crippen LogP contribution is -2.54. The van der Waals surface area contributed by atoms with Crippen molar-refractivity contribution < 1.29 is 9.59 Å². The van der Waals surface area contributed by atoms with E-state index < -0.39 is 0 Å². The van der Waals surface area contributed by atoms with Gasteiger partial charge in [0.15, 0.2) is 5.78 Å². The van der Waals surface area contributed by atoms with E-state index in [1.54, 1.807) is 6.92 Å². The summed E-state index contributed by atoms with van der Waals surface area (Å²) in [6.45, 7) is 7.18. The van der Waals surface area contributed by atoms with Crippen molar-refractivity contribution in [1.29, 1.82) is 0 Å². The number of benzene rings is 1. The van der Waals surface area contributed by atoms with E-state index in [4.69, 9.17) is 0 Å². The van der Waals surface area contributed by atoms with E-state index in [-0.39, 0.29) is 17.7 Å². The van der Waals surface area contributed by atoms with E-state index in [0.717, 1.165) is 50.3 Å². The molecule has 1 N–H and O–H groups in total. The molecule has 1 amide bonds. The van der Waals surface area contributed by atoms with Gasteiger partial charge >= 0.3 is 0 Å². The SMILES string of the molecule is CC(=O)c1ccc(N2CCN([C@H](C)C(=O)NC3CCCC3)CC2)cc1. The van der Waals surface area contributed by atoms with Crippen molar-refractivity contribution in [2.75, 3.05) is 31.1 Å². The van der Waals surface area contributed by atoms with Gasteiger partial charge in [0.05, 0.1) is 6.04 Å². The molecule has 0 aromatic heterocycles. The Morgan fingerprint density at radius 2 is 1.64 bits per heavy atom. The van der Waals surface area contributed by atoms with Crippen LogP contribution >= 0.6 is 0 Å². The molecule has 1 aromatic carbocycles. The fourth-order valence-electron chi connectivity index (χ4n) is 3.83. The van der Waals surface area contributed by atoms with Crippen LogP contribution in [0, 0.1) is 0 Å². The zero-order valence-corrected chi connectivity index (χ0v) is 15.3. The summed E-state index contributed by atoms with van der Waals surface area (Å²) in [6.07, 6.45) is 4.73. The zero-order valence-electron chi connectivity index (χ0n) is 15.3. The Morgan fingerprint density at radius 1 is 1.04 bits per heavy atom. The maximum atomic E-state index is 12.5. The molecule has 0 spiro atoms. The average molecular weight is 343 g/mol. The summed E-state index contributed by atoms with van der Waals surface area (Å²) in [6, 6.07) is 8.13. The third kappa shape index (κ3) is 4.40. The lowest BCUT2D eigenvalue weighted by Gasteiger charge is -2.38. The number of rotatable bonds is 5. The van der Waals surface area contributed by atoms with Crippen LogP contribution in [0.2, 0.25) is 0 Å². The summed E-state index contributed by atoms with van der Waals surface area (Å²) in [5, 5.41) is 3.21. The number of hydrogen-bond acceptors (Lipinski definition) is 4. The third-order valence-electron chi connectivity index (χ3n) is 5.58. The van der Waals surface area contributed by atoms with Crippen LogP contribution in [0.25, 0.3) is 0 Å². The molecule has 2 fully saturated rings. The van der Waals surface area contributed by atoms with Gasteiger partial charge in [-0.3, -0.25) is 14.5 Å². The van der Waals surface area contributed by atoms with Gasteiger partial charge in [-0.15, -0.1) is 0 Å². The number of amides is 1. The lowest BCUT2D eigenvalue weighted by atomic mass is 10.1. The monoisotopic (exact) mass is 343 g/mol. The minimum absolute atomic E-state index is 0.0668. The van der Waals surface area contributed by atoms with Crippen LogP contribution in [0.1, 0.15) is 49.9 Å². The van der Waals surface area contributed by atoms with Crippen LogP contribution in [-0.2, 0) is 4.79 Å². The summed E-state index contributed by atoms with van der Waals surface area (Å²) in [4.78, 5) is 28.4. The van der Waals surface area contributed by atoms with E-state index in [1.165, 1.54) is 12.8 Å². The van der Waals surface area contributed by atoms with Gasteiger partial charge in [-0.05, 0) is 51.0 Å². The Morgan fingerprint density at radius 3 is 2.20 bits per heavy atom. The predicted molar refractivity (Wildman–Crippen MR) is 100 cm³/mol. The maximum Gasteiger partial charge on any atom is 0.237 e. The molecule has 0 bridgehead atoms. The molecule has 5 nitrogen and oxygen atoms in total. The highest BCUT2D eigenvalue weighted by molar-refractivity contribution is 5.94. The van der Waals surface area contributed by atoms with E-state index in [2.05, 4.69) is 15.1 Å². The number of Topliss-reactive ketones (excluding diaryl/α,β-unsaturated/α-hetero) is 1. The van der Waals surface area contributed by atoms with Gasteiger partial charge in [0.2, 0.25) is 5.91 Å². The molecule has 1 aliphatic carbocycles. The van der Waals surface area contributed by atoms with Crippen molar-refractivity contribution in [2.24, 2.45) is 0 Å². The van der Waals surface area contributed by atoms with Crippen LogP contribution in [0.4, 0.5) is 5.69 Å². The molecular formula is C20H29N3O2. The number of hydrogen-bond donors (Lipinski definition) is 1. The predicted octanol–water partition coefficient (Wildman–Crippen LogP) is 2.46. The first kappa shape index (κ1) is 17.9. The van der Waals surface area contributed by atoms with Crippen molar-refractivity contribution in [3.05, 3.63) is 29.8 Å². The van der Waals surface area contributed by atoms with E-state index in [9.17, 15) is 9.59 Å². The number of piperazine rings is 1. The molecule has 1 aromatic rings. The van der Waals surface area contributed by atoms with Crippen molar-refractivity contribution in [2.45, 2.75) is 51.6 Å². The Balaban J connectivity index is 1.50. The fourth-order valence-corrected chi connectivity index (χ4v) is 3.83. The topological polar surface area (TPSA) is 52.7 Å². The Labute approximate surface area is 150 Å². The maximum absolute atomic E-state index is 12.5. The molecule has 0 unspecified atom stereocenters. The Kier molecular flexibility index (Phi) is 5.74. The quantitative estimate of drug-likeness (QED) is 0.835. The number of carbonyl (C=O) groups is 2. The summed E-state index contributed by atoms with van der Waals surface area (Å²) in [7, 11) is 0. The third-order valence-corrected chi connectivity index (χ3v) is 5.58. The molecule has 0 radical (unpaired) electrons. The van der Waals surface area contributed by atoms with Gasteiger partial charge in [0.25, 0.3) is 0 Å². The first-order valence-electron chi connectivity index (χ1n) is 9.45. The van der Waals surface area contributed by atoms with Gasteiger partial charge in [0.1, 0.15) is 0 Å². The number of nitrogens with one attached hydrogen (secondary N) is 1. The number of ketones is 1. The van der Waals surface area contributed by atoms with Crippen molar-refractivity contribution >= 4 is 17.4 Å². The first-order valence-corrected chi connectivity index (χ1v) is 9.45. The van der Waals surface area contributed by atoms with Gasteiger partial charge in [-0.2, -0.15) is 0 Å². The van der Waals surface area contributed by atoms with E-state index >= 15 is 0 Å². The minimum atomic E-state index is -0.0668. The molecule has 1 saturated carbocycles. The molecular weight excluding hydrogens is 314 g/mol. The highest BCUT2D eigenvalue weighted by atomic mass is 16.2. The Hall–Kier alpha value is -1.88. The van der Waals surface area contributed by atoms with E-state index in [0.29, 0.717) is 6.04 Å². The van der Waals surface area contributed by atoms with Gasteiger partial charge in [0, 0.05) is 43.5 Å². The van der Waals surface area contributed by atoms with Crippen LogP contribution in [-0.4, -0.2) is 54.9 Å². The van der Waals surface area contributed by atoms with Gasteiger partial charge < -0.3 is 10.2 Å². The van der Waals surface area contributed by atoms with Crippen LogP contribution in [0.3, 0.4) is 0 Å². The second kappa shape index (κ2) is 8.00. The highest BCUT2D eigenvalue weighted by Gasteiger charge is 2.27. The molecule has 3 rings (SSSR count). The summed E-state index contributed by atoms with van der Waals surface area (Å²) < 4.78 is 0. The molecule has 136 valence electrons. The molecule has 25 heavy (non-hydrogen) atoms. The average Bonchev–Trinajstić information content (AvgIpc) is 3.14. The molecule has 1 atom stereocenters. The second-order valence-electron chi connectivity index (χ2n) is 7.29. The number of anilines is 1. The Bertz CT molecular complexity index is 600. The number of nitrogens with zero attached hydrogens (tertiary/aromatic N) is 2. The molecule has 1 aliphatic heterocycles. The van der Waals surface area contributed by atoms with E-state index in [1.807, 2.05) is 31.2 Å². The fraction of sp³-hybridized carbons (Fsp3) is 0.600. The summed E-state index contributed by atoms with van der Waals surface area (Å²) >= 11 is 0. The summed E-state index contributed by atoms with van der Waals surface area (Å²) in [5.41, 5.74) is 1.90. The summed E-state index contributed by atoms with van der Waals surface area (Å²) in [5.74, 6) is 0.268. The van der Waals surface area contributed by atoms with Crippen LogP contribution < -0.4 is 10.2 Å². The van der Waals surface area contributed by atoms with Gasteiger partial charge in [-0.1, -0.05) is 12.8 Å². The molecule has 2 aliphatic rings. The first-order chi connectivity index (χ1) is 12.0.